The minimum Gasteiger partial charge on any atom is -0.327 e. The molecule has 0 aliphatic carbocycles. The van der Waals surface area contributed by atoms with E-state index in [1.807, 2.05) is 13.8 Å². The molecule has 5 heteroatoms. The van der Waals surface area contributed by atoms with Crippen LogP contribution in [-0.4, -0.2) is 19.4 Å². The van der Waals surface area contributed by atoms with Gasteiger partial charge in [-0.3, -0.25) is 0 Å². The van der Waals surface area contributed by atoms with Crippen LogP contribution < -0.4 is 0 Å². The van der Waals surface area contributed by atoms with E-state index in [1.165, 1.54) is 0 Å². The van der Waals surface area contributed by atoms with Gasteiger partial charge < -0.3 is 4.74 Å². The van der Waals surface area contributed by atoms with E-state index in [1.54, 1.807) is 0 Å². The van der Waals surface area contributed by atoms with Crippen LogP contribution in [0.2, 0.25) is 0 Å². The summed E-state index contributed by atoms with van der Waals surface area (Å²) in [7, 11) is 0. The maximum atomic E-state index is 4.88. The molecule has 66 valence electrons. The van der Waals surface area contributed by atoms with Gasteiger partial charge >= 0.3 is 6.48 Å². The highest BCUT2D eigenvalue weighted by Crippen LogP contribution is 2.13. The molecule has 0 spiro atoms. The van der Waals surface area contributed by atoms with Crippen molar-refractivity contribution in [3.8, 4) is 0 Å². The van der Waals surface area contributed by atoms with Gasteiger partial charge in [0.05, 0.1) is 0 Å². The zero-order chi connectivity index (χ0) is 8.10. The summed E-state index contributed by atoms with van der Waals surface area (Å²) in [4.78, 5) is 18.7. The molecule has 0 aromatic heterocycles. The summed E-state index contributed by atoms with van der Waals surface area (Å²) >= 11 is 0. The Morgan fingerprint density at radius 2 is 1.73 bits per heavy atom. The molecule has 1 fully saturated rings. The topological polar surface area (TPSA) is 46.2 Å². The lowest BCUT2D eigenvalue weighted by molar-refractivity contribution is -0.627. The van der Waals surface area contributed by atoms with Gasteiger partial charge in [0.1, 0.15) is 0 Å². The second kappa shape index (κ2) is 4.63. The first-order chi connectivity index (χ1) is 5.36. The Morgan fingerprint density at radius 3 is 2.18 bits per heavy atom. The lowest BCUT2D eigenvalue weighted by atomic mass is 10.5. The average Bonchev–Trinajstić information content (AvgIpc) is 2.07. The lowest BCUT2D eigenvalue weighted by Gasteiger charge is -2.25. The van der Waals surface area contributed by atoms with Crippen molar-refractivity contribution in [2.24, 2.45) is 0 Å². The first kappa shape index (κ1) is 8.89. The summed E-state index contributed by atoms with van der Waals surface area (Å²) in [6.45, 7) is 3.33. The molecule has 1 aliphatic rings. The predicted molar refractivity (Wildman–Crippen MR) is 33.8 cm³/mol. The maximum Gasteiger partial charge on any atom is 0.329 e. The van der Waals surface area contributed by atoms with E-state index < -0.39 is 12.8 Å². The third kappa shape index (κ3) is 2.72. The Bertz CT molecular complexity index is 99.1. The number of rotatable bonds is 3. The van der Waals surface area contributed by atoms with Crippen LogP contribution in [-0.2, 0) is 24.3 Å². The van der Waals surface area contributed by atoms with E-state index in [9.17, 15) is 0 Å². The molecule has 0 N–H and O–H groups in total. The Labute approximate surface area is 65.0 Å². The lowest BCUT2D eigenvalue weighted by Crippen LogP contribution is -2.33. The van der Waals surface area contributed by atoms with Crippen molar-refractivity contribution >= 4 is 0 Å². The van der Waals surface area contributed by atoms with Gasteiger partial charge in [0.15, 0.2) is 0 Å². The molecule has 0 aromatic rings. The van der Waals surface area contributed by atoms with Gasteiger partial charge in [-0.1, -0.05) is 6.92 Å². The second-order valence-corrected chi connectivity index (χ2v) is 1.97. The highest BCUT2D eigenvalue weighted by molar-refractivity contribution is 4.32. The SMILES string of the molecule is CCOC1OOC(CC)OO1. The molecule has 0 aromatic carbocycles. The van der Waals surface area contributed by atoms with E-state index in [0.717, 1.165) is 0 Å². The highest BCUT2D eigenvalue weighted by Gasteiger charge is 2.23. The summed E-state index contributed by atoms with van der Waals surface area (Å²) in [5, 5.41) is 0. The summed E-state index contributed by atoms with van der Waals surface area (Å²) in [6, 6.07) is 0. The van der Waals surface area contributed by atoms with Crippen LogP contribution in [0.4, 0.5) is 0 Å². The van der Waals surface area contributed by atoms with Gasteiger partial charge in [-0.05, 0) is 6.92 Å². The molecule has 1 saturated heterocycles. The van der Waals surface area contributed by atoms with Crippen molar-refractivity contribution in [2.75, 3.05) is 6.61 Å². The van der Waals surface area contributed by atoms with Gasteiger partial charge in [0.25, 0.3) is 0 Å². The minimum absolute atomic E-state index is 0.452. The number of ether oxygens (including phenoxy) is 1. The largest absolute Gasteiger partial charge is 0.329 e. The van der Waals surface area contributed by atoms with Gasteiger partial charge in [0.2, 0.25) is 6.29 Å². The molecule has 0 amide bonds. The van der Waals surface area contributed by atoms with E-state index in [4.69, 9.17) is 14.5 Å². The predicted octanol–water partition coefficient (Wildman–Crippen LogP) is 0.953. The molecule has 1 aliphatic heterocycles. The minimum atomic E-state index is -0.859. The van der Waals surface area contributed by atoms with Gasteiger partial charge in [-0.15, -0.1) is 0 Å². The van der Waals surface area contributed by atoms with Crippen LogP contribution >= 0.6 is 0 Å². The molecular formula is C6H12O5. The van der Waals surface area contributed by atoms with Crippen LogP contribution in [0, 0.1) is 0 Å². The average molecular weight is 164 g/mol. The van der Waals surface area contributed by atoms with E-state index >= 15 is 0 Å². The molecule has 0 bridgehead atoms. The fraction of sp³-hybridized carbons (Fsp3) is 1.00. The van der Waals surface area contributed by atoms with Gasteiger partial charge in [-0.25, -0.2) is 0 Å². The van der Waals surface area contributed by atoms with Crippen molar-refractivity contribution < 1.29 is 24.3 Å². The van der Waals surface area contributed by atoms with E-state index in [2.05, 4.69) is 9.78 Å². The van der Waals surface area contributed by atoms with E-state index in [0.29, 0.717) is 13.0 Å². The normalized spacial score (nSPS) is 32.2. The Balaban J connectivity index is 2.14. The zero-order valence-corrected chi connectivity index (χ0v) is 6.61. The van der Waals surface area contributed by atoms with Crippen LogP contribution in [0.5, 0.6) is 0 Å². The molecular weight excluding hydrogens is 152 g/mol. The van der Waals surface area contributed by atoms with E-state index in [-0.39, 0.29) is 0 Å². The van der Waals surface area contributed by atoms with Crippen molar-refractivity contribution in [1.82, 2.24) is 0 Å². The van der Waals surface area contributed by atoms with Crippen molar-refractivity contribution in [2.45, 2.75) is 33.0 Å². The summed E-state index contributed by atoms with van der Waals surface area (Å²) in [5.74, 6) is 0. The van der Waals surface area contributed by atoms with Crippen LogP contribution in [0.15, 0.2) is 0 Å². The zero-order valence-electron chi connectivity index (χ0n) is 6.61. The van der Waals surface area contributed by atoms with Crippen molar-refractivity contribution in [3.63, 3.8) is 0 Å². The fourth-order valence-electron chi connectivity index (χ4n) is 0.574. The summed E-state index contributed by atoms with van der Waals surface area (Å²) in [6.07, 6.45) is 0.213. The fourth-order valence-corrected chi connectivity index (χ4v) is 0.574. The second-order valence-electron chi connectivity index (χ2n) is 1.97. The Hall–Kier alpha value is -0.200. The van der Waals surface area contributed by atoms with Gasteiger partial charge in [0, 0.05) is 13.0 Å². The molecule has 0 atom stereocenters. The van der Waals surface area contributed by atoms with Gasteiger partial charge in [-0.2, -0.15) is 19.6 Å². The number of hydrogen-bond acceptors (Lipinski definition) is 5. The smallest absolute Gasteiger partial charge is 0.327 e. The van der Waals surface area contributed by atoms with Crippen molar-refractivity contribution in [1.29, 1.82) is 0 Å². The standard InChI is InChI=1S/C6H12O5/c1-3-5-8-10-6(7-4-2)11-9-5/h5-6H,3-4H2,1-2H3. The van der Waals surface area contributed by atoms with Crippen LogP contribution in [0.25, 0.3) is 0 Å². The Morgan fingerprint density at radius 1 is 1.09 bits per heavy atom. The number of hydrogen-bond donors (Lipinski definition) is 0. The summed E-state index contributed by atoms with van der Waals surface area (Å²) in [5.41, 5.74) is 0. The molecule has 0 radical (unpaired) electrons. The molecule has 5 nitrogen and oxygen atoms in total. The highest BCUT2D eigenvalue weighted by atomic mass is 17.4. The molecule has 1 rings (SSSR count). The quantitative estimate of drug-likeness (QED) is 0.581. The molecule has 11 heavy (non-hydrogen) atoms. The van der Waals surface area contributed by atoms with Crippen LogP contribution in [0.1, 0.15) is 20.3 Å². The first-order valence-electron chi connectivity index (χ1n) is 3.62. The van der Waals surface area contributed by atoms with Crippen LogP contribution in [0.3, 0.4) is 0 Å². The molecule has 0 saturated carbocycles. The summed E-state index contributed by atoms with van der Waals surface area (Å²) < 4.78 is 4.88. The molecule has 1 heterocycles. The molecule has 0 unspecified atom stereocenters. The third-order valence-electron chi connectivity index (χ3n) is 1.12. The Kier molecular flexibility index (Phi) is 3.74. The monoisotopic (exact) mass is 164 g/mol. The first-order valence-corrected chi connectivity index (χ1v) is 3.62. The van der Waals surface area contributed by atoms with Crippen molar-refractivity contribution in [3.05, 3.63) is 0 Å². The maximum absolute atomic E-state index is 4.88. The third-order valence-corrected chi connectivity index (χ3v) is 1.12.